The fraction of sp³-hybridized carbons (Fsp3) is 0.562. The molecule has 1 fully saturated rings. The number of nitrogens with zero attached hydrogens (tertiary/aromatic N) is 1. The number of hydrogen-bond acceptors (Lipinski definition) is 2. The molecule has 2 nitrogen and oxygen atoms in total. The third-order valence-corrected chi connectivity index (χ3v) is 4.39. The molecular formula is C16H19F2NO. The molecule has 1 aromatic carbocycles. The van der Waals surface area contributed by atoms with Crippen molar-refractivity contribution in [1.82, 2.24) is 0 Å². The van der Waals surface area contributed by atoms with E-state index in [1.807, 2.05) is 0 Å². The van der Waals surface area contributed by atoms with Gasteiger partial charge in [0.15, 0.2) is 0 Å². The first kappa shape index (κ1) is 14.9. The van der Waals surface area contributed by atoms with Crippen molar-refractivity contribution in [2.75, 3.05) is 0 Å². The maximum absolute atomic E-state index is 12.7. The summed E-state index contributed by atoms with van der Waals surface area (Å²) in [6.45, 7) is 2.13. The van der Waals surface area contributed by atoms with Gasteiger partial charge in [-0.1, -0.05) is 25.1 Å². The summed E-state index contributed by atoms with van der Waals surface area (Å²) in [6, 6.07) is 8.02. The number of aliphatic hydroxyl groups is 1. The Labute approximate surface area is 118 Å². The molecule has 0 saturated heterocycles. The Morgan fingerprint density at radius 3 is 2.45 bits per heavy atom. The van der Waals surface area contributed by atoms with Crippen molar-refractivity contribution in [3.05, 3.63) is 35.4 Å². The summed E-state index contributed by atoms with van der Waals surface area (Å²) >= 11 is 0. The van der Waals surface area contributed by atoms with Crippen molar-refractivity contribution in [2.24, 2.45) is 11.3 Å². The predicted octanol–water partition coefficient (Wildman–Crippen LogP) is 4.38. The number of nitriles is 1. The lowest BCUT2D eigenvalue weighted by atomic mass is 9.67. The molecule has 1 aliphatic carbocycles. The minimum Gasteiger partial charge on any atom is -0.387 e. The van der Waals surface area contributed by atoms with E-state index in [2.05, 4.69) is 13.0 Å². The Hall–Kier alpha value is -1.47. The summed E-state index contributed by atoms with van der Waals surface area (Å²) in [6.07, 6.45) is -0.557. The van der Waals surface area contributed by atoms with E-state index in [9.17, 15) is 19.1 Å². The molecule has 0 heterocycles. The highest BCUT2D eigenvalue weighted by molar-refractivity contribution is 5.29. The van der Waals surface area contributed by atoms with Gasteiger partial charge in [-0.3, -0.25) is 0 Å². The number of alkyl halides is 2. The Morgan fingerprint density at radius 1 is 1.30 bits per heavy atom. The molecule has 1 aromatic rings. The van der Waals surface area contributed by atoms with E-state index in [-0.39, 0.29) is 5.56 Å². The van der Waals surface area contributed by atoms with Crippen molar-refractivity contribution >= 4 is 0 Å². The van der Waals surface area contributed by atoms with Crippen molar-refractivity contribution in [1.29, 1.82) is 5.26 Å². The van der Waals surface area contributed by atoms with Crippen molar-refractivity contribution in [3.63, 3.8) is 0 Å². The predicted molar refractivity (Wildman–Crippen MR) is 72.0 cm³/mol. The number of hydrogen-bond donors (Lipinski definition) is 1. The van der Waals surface area contributed by atoms with Gasteiger partial charge in [-0.2, -0.15) is 5.26 Å². The van der Waals surface area contributed by atoms with Crippen LogP contribution in [-0.2, 0) is 0 Å². The molecule has 1 saturated carbocycles. The summed E-state index contributed by atoms with van der Waals surface area (Å²) in [7, 11) is 0. The van der Waals surface area contributed by atoms with Gasteiger partial charge >= 0.3 is 0 Å². The molecule has 1 atom stereocenters. The van der Waals surface area contributed by atoms with Crippen LogP contribution in [0.2, 0.25) is 0 Å². The number of benzene rings is 1. The molecule has 4 heteroatoms. The largest absolute Gasteiger partial charge is 0.387 e. The van der Waals surface area contributed by atoms with Gasteiger partial charge in [0.2, 0.25) is 0 Å². The average Bonchev–Trinajstić information content (AvgIpc) is 2.48. The van der Waals surface area contributed by atoms with Crippen LogP contribution >= 0.6 is 0 Å². The van der Waals surface area contributed by atoms with Gasteiger partial charge < -0.3 is 5.11 Å². The van der Waals surface area contributed by atoms with Crippen LogP contribution in [0.1, 0.15) is 56.3 Å². The van der Waals surface area contributed by atoms with Gasteiger partial charge in [-0.15, -0.1) is 0 Å². The molecule has 0 aromatic heterocycles. The highest BCUT2D eigenvalue weighted by Gasteiger charge is 2.41. The highest BCUT2D eigenvalue weighted by atomic mass is 19.3. The molecule has 20 heavy (non-hydrogen) atoms. The monoisotopic (exact) mass is 279 g/mol. The third-order valence-electron chi connectivity index (χ3n) is 4.39. The Balaban J connectivity index is 2.27. The molecule has 0 spiro atoms. The molecule has 2 rings (SSSR count). The standard InChI is InChI=1S/C16H19F2NO/c1-11-5-7-16(10-19,8-6-11)14(20)12-3-2-4-13(9-12)15(17)18/h2-4,9,11,14-15,20H,5-8H2,1H3. The van der Waals surface area contributed by atoms with E-state index in [1.54, 1.807) is 6.07 Å². The molecule has 0 radical (unpaired) electrons. The molecule has 0 amide bonds. The van der Waals surface area contributed by atoms with Crippen LogP contribution in [0.15, 0.2) is 24.3 Å². The Bertz CT molecular complexity index is 501. The lowest BCUT2D eigenvalue weighted by molar-refractivity contribution is 0.0264. The molecular weight excluding hydrogens is 260 g/mol. The van der Waals surface area contributed by atoms with E-state index in [4.69, 9.17) is 0 Å². The van der Waals surface area contributed by atoms with Crippen LogP contribution in [0.25, 0.3) is 0 Å². The minimum absolute atomic E-state index is 0.112. The van der Waals surface area contributed by atoms with Gasteiger partial charge in [-0.25, -0.2) is 8.78 Å². The van der Waals surface area contributed by atoms with Crippen LogP contribution in [0.3, 0.4) is 0 Å². The second-order valence-corrected chi connectivity index (χ2v) is 5.82. The van der Waals surface area contributed by atoms with Gasteiger partial charge in [-0.05, 0) is 43.2 Å². The minimum atomic E-state index is -2.56. The first-order chi connectivity index (χ1) is 9.48. The maximum Gasteiger partial charge on any atom is 0.263 e. The van der Waals surface area contributed by atoms with Crippen LogP contribution in [0, 0.1) is 22.7 Å². The number of halogens is 2. The van der Waals surface area contributed by atoms with Gasteiger partial charge in [0.05, 0.1) is 17.6 Å². The molecule has 108 valence electrons. The zero-order valence-electron chi connectivity index (χ0n) is 11.5. The quantitative estimate of drug-likeness (QED) is 0.892. The molecule has 0 aliphatic heterocycles. The topological polar surface area (TPSA) is 44.0 Å². The lowest BCUT2D eigenvalue weighted by Gasteiger charge is -2.37. The van der Waals surface area contributed by atoms with Gasteiger partial charge in [0.1, 0.15) is 0 Å². The fourth-order valence-electron chi connectivity index (χ4n) is 2.91. The Kier molecular flexibility index (Phi) is 4.39. The first-order valence-corrected chi connectivity index (χ1v) is 6.96. The van der Waals surface area contributed by atoms with E-state index >= 15 is 0 Å². The van der Waals surface area contributed by atoms with Crippen LogP contribution in [0.5, 0.6) is 0 Å². The van der Waals surface area contributed by atoms with Gasteiger partial charge in [0, 0.05) is 5.56 Å². The summed E-state index contributed by atoms with van der Waals surface area (Å²) in [5.74, 6) is 0.552. The summed E-state index contributed by atoms with van der Waals surface area (Å²) in [5, 5.41) is 20.0. The molecule has 1 N–H and O–H groups in total. The van der Waals surface area contributed by atoms with E-state index in [0.29, 0.717) is 24.3 Å². The van der Waals surface area contributed by atoms with E-state index in [1.165, 1.54) is 18.2 Å². The fourth-order valence-corrected chi connectivity index (χ4v) is 2.91. The van der Waals surface area contributed by atoms with Crippen LogP contribution in [0.4, 0.5) is 8.78 Å². The normalized spacial score (nSPS) is 28.1. The SMILES string of the molecule is CC1CCC(C#N)(C(O)c2cccc(C(F)F)c2)CC1. The first-order valence-electron chi connectivity index (χ1n) is 6.96. The second kappa shape index (κ2) is 5.88. The van der Waals surface area contributed by atoms with E-state index in [0.717, 1.165) is 12.8 Å². The zero-order valence-corrected chi connectivity index (χ0v) is 11.5. The summed E-state index contributed by atoms with van der Waals surface area (Å²) in [4.78, 5) is 0. The summed E-state index contributed by atoms with van der Waals surface area (Å²) in [5.41, 5.74) is -0.537. The summed E-state index contributed by atoms with van der Waals surface area (Å²) < 4.78 is 25.5. The third kappa shape index (κ3) is 2.83. The Morgan fingerprint density at radius 2 is 1.90 bits per heavy atom. The average molecular weight is 279 g/mol. The number of aliphatic hydroxyl groups excluding tert-OH is 1. The van der Waals surface area contributed by atoms with Crippen molar-refractivity contribution in [2.45, 2.75) is 45.1 Å². The van der Waals surface area contributed by atoms with Crippen LogP contribution in [-0.4, -0.2) is 5.11 Å². The number of rotatable bonds is 3. The van der Waals surface area contributed by atoms with Gasteiger partial charge in [0.25, 0.3) is 6.43 Å². The molecule has 0 bridgehead atoms. The highest BCUT2D eigenvalue weighted by Crippen LogP contribution is 2.47. The second-order valence-electron chi connectivity index (χ2n) is 5.82. The van der Waals surface area contributed by atoms with E-state index < -0.39 is 17.9 Å². The molecule has 1 aliphatic rings. The smallest absolute Gasteiger partial charge is 0.263 e. The maximum atomic E-state index is 12.7. The van der Waals surface area contributed by atoms with Crippen molar-refractivity contribution < 1.29 is 13.9 Å². The lowest BCUT2D eigenvalue weighted by Crippen LogP contribution is -2.32. The molecule has 1 unspecified atom stereocenters. The zero-order chi connectivity index (χ0) is 14.8. The van der Waals surface area contributed by atoms with Crippen LogP contribution < -0.4 is 0 Å². The van der Waals surface area contributed by atoms with Crippen molar-refractivity contribution in [3.8, 4) is 6.07 Å².